The van der Waals surface area contributed by atoms with Crippen LogP contribution in [0.1, 0.15) is 41.7 Å². The van der Waals surface area contributed by atoms with Gasteiger partial charge in [-0.2, -0.15) is 0 Å². The van der Waals surface area contributed by atoms with Crippen LogP contribution >= 0.6 is 0 Å². The summed E-state index contributed by atoms with van der Waals surface area (Å²) in [6.45, 7) is 3.17. The monoisotopic (exact) mass is 355 g/mol. The van der Waals surface area contributed by atoms with E-state index in [0.717, 1.165) is 30.7 Å². The number of hydrogen-bond acceptors (Lipinski definition) is 4. The van der Waals surface area contributed by atoms with Crippen molar-refractivity contribution >= 4 is 5.91 Å². The lowest BCUT2D eigenvalue weighted by Crippen LogP contribution is -2.30. The van der Waals surface area contributed by atoms with Crippen molar-refractivity contribution in [3.05, 3.63) is 53.6 Å². The van der Waals surface area contributed by atoms with Gasteiger partial charge in [-0.15, -0.1) is 0 Å². The third-order valence-electron chi connectivity index (χ3n) is 4.70. The molecule has 1 aliphatic heterocycles. The molecule has 3 rings (SSSR count). The fourth-order valence-electron chi connectivity index (χ4n) is 3.45. The molecule has 1 atom stereocenters. The van der Waals surface area contributed by atoms with E-state index in [1.165, 1.54) is 0 Å². The highest BCUT2D eigenvalue weighted by atomic mass is 16.5. The molecule has 1 amide bonds. The molecule has 0 bridgehead atoms. The number of likely N-dealkylation sites (tertiary alicyclic amines) is 1. The minimum absolute atomic E-state index is 0.0129. The summed E-state index contributed by atoms with van der Waals surface area (Å²) in [7, 11) is 3.25. The highest BCUT2D eigenvalue weighted by Gasteiger charge is 2.31. The van der Waals surface area contributed by atoms with Crippen LogP contribution in [0, 0.1) is 0 Å². The van der Waals surface area contributed by atoms with Crippen LogP contribution in [0.5, 0.6) is 17.2 Å². The van der Waals surface area contributed by atoms with Crippen LogP contribution in [-0.4, -0.2) is 38.2 Å². The molecule has 26 heavy (non-hydrogen) atoms. The summed E-state index contributed by atoms with van der Waals surface area (Å²) >= 11 is 0. The molecular weight excluding hydrogens is 330 g/mol. The fourth-order valence-corrected chi connectivity index (χ4v) is 3.45. The smallest absolute Gasteiger partial charge is 0.254 e. The maximum atomic E-state index is 13.1. The number of benzene rings is 2. The SMILES string of the molecule is CCOc1cc(C(=O)N2CCCC2c2cccc(OC)c2)ccc1OC. The first-order valence-corrected chi connectivity index (χ1v) is 8.93. The lowest BCUT2D eigenvalue weighted by atomic mass is 10.0. The van der Waals surface area contributed by atoms with Crippen LogP contribution in [0.25, 0.3) is 0 Å². The number of hydrogen-bond donors (Lipinski definition) is 0. The number of rotatable bonds is 6. The predicted molar refractivity (Wildman–Crippen MR) is 100 cm³/mol. The molecule has 5 nitrogen and oxygen atoms in total. The number of carbonyl (C=O) groups excluding carboxylic acids is 1. The van der Waals surface area contributed by atoms with E-state index in [9.17, 15) is 4.79 Å². The Hall–Kier alpha value is -2.69. The van der Waals surface area contributed by atoms with Crippen molar-refractivity contribution in [2.24, 2.45) is 0 Å². The molecule has 0 aliphatic carbocycles. The molecule has 0 aromatic heterocycles. The van der Waals surface area contributed by atoms with E-state index < -0.39 is 0 Å². The molecule has 1 heterocycles. The first-order valence-electron chi connectivity index (χ1n) is 8.93. The Morgan fingerprint density at radius 1 is 1.12 bits per heavy atom. The molecule has 1 aliphatic rings. The van der Waals surface area contributed by atoms with Gasteiger partial charge in [0.1, 0.15) is 5.75 Å². The van der Waals surface area contributed by atoms with Gasteiger partial charge in [0.25, 0.3) is 5.91 Å². The minimum Gasteiger partial charge on any atom is -0.497 e. The third-order valence-corrected chi connectivity index (χ3v) is 4.70. The summed E-state index contributed by atoms with van der Waals surface area (Å²) in [5.41, 5.74) is 1.72. The standard InChI is InChI=1S/C21H25NO4/c1-4-26-20-14-16(10-11-19(20)25-3)21(23)22-12-6-9-18(22)15-7-5-8-17(13-15)24-2/h5,7-8,10-11,13-14,18H,4,6,9,12H2,1-3H3. The van der Waals surface area contributed by atoms with E-state index in [2.05, 4.69) is 6.07 Å². The first-order chi connectivity index (χ1) is 12.7. The van der Waals surface area contributed by atoms with E-state index in [0.29, 0.717) is 23.7 Å². The Labute approximate surface area is 154 Å². The van der Waals surface area contributed by atoms with E-state index in [1.807, 2.05) is 30.0 Å². The van der Waals surface area contributed by atoms with E-state index in [-0.39, 0.29) is 11.9 Å². The van der Waals surface area contributed by atoms with Gasteiger partial charge in [0.2, 0.25) is 0 Å². The second kappa shape index (κ2) is 8.13. The van der Waals surface area contributed by atoms with Gasteiger partial charge in [0.05, 0.1) is 26.9 Å². The summed E-state index contributed by atoms with van der Waals surface area (Å²) in [4.78, 5) is 15.1. The largest absolute Gasteiger partial charge is 0.497 e. The highest BCUT2D eigenvalue weighted by Crippen LogP contribution is 2.36. The molecule has 0 radical (unpaired) electrons. The normalized spacial score (nSPS) is 16.4. The van der Waals surface area contributed by atoms with Crippen LogP contribution in [-0.2, 0) is 0 Å². The Bertz CT molecular complexity index is 774. The molecule has 5 heteroatoms. The quantitative estimate of drug-likeness (QED) is 0.783. The molecule has 1 fully saturated rings. The minimum atomic E-state index is 0.0129. The van der Waals surface area contributed by atoms with Gasteiger partial charge >= 0.3 is 0 Å². The molecule has 0 saturated carbocycles. The van der Waals surface area contributed by atoms with Gasteiger partial charge in [-0.3, -0.25) is 4.79 Å². The Balaban J connectivity index is 1.87. The summed E-state index contributed by atoms with van der Waals surface area (Å²) in [6.07, 6.45) is 1.94. The Morgan fingerprint density at radius 3 is 2.69 bits per heavy atom. The van der Waals surface area contributed by atoms with E-state index >= 15 is 0 Å². The zero-order valence-electron chi connectivity index (χ0n) is 15.5. The average molecular weight is 355 g/mol. The number of carbonyl (C=O) groups is 1. The van der Waals surface area contributed by atoms with Gasteiger partial charge in [-0.05, 0) is 55.7 Å². The second-order valence-electron chi connectivity index (χ2n) is 6.23. The molecule has 0 N–H and O–H groups in total. The number of ether oxygens (including phenoxy) is 3. The highest BCUT2D eigenvalue weighted by molar-refractivity contribution is 5.95. The van der Waals surface area contributed by atoms with Crippen LogP contribution < -0.4 is 14.2 Å². The average Bonchev–Trinajstić information content (AvgIpc) is 3.17. The van der Waals surface area contributed by atoms with Crippen molar-refractivity contribution in [3.63, 3.8) is 0 Å². The van der Waals surface area contributed by atoms with Gasteiger partial charge in [0, 0.05) is 12.1 Å². The second-order valence-corrected chi connectivity index (χ2v) is 6.23. The lowest BCUT2D eigenvalue weighted by molar-refractivity contribution is 0.0735. The zero-order valence-corrected chi connectivity index (χ0v) is 15.5. The lowest BCUT2D eigenvalue weighted by Gasteiger charge is -2.26. The molecule has 0 spiro atoms. The predicted octanol–water partition coefficient (Wildman–Crippen LogP) is 4.08. The van der Waals surface area contributed by atoms with Crippen LogP contribution in [0.4, 0.5) is 0 Å². The summed E-state index contributed by atoms with van der Waals surface area (Å²) in [6, 6.07) is 13.4. The molecule has 2 aromatic rings. The van der Waals surface area contributed by atoms with Crippen LogP contribution in [0.15, 0.2) is 42.5 Å². The Morgan fingerprint density at radius 2 is 1.96 bits per heavy atom. The van der Waals surface area contributed by atoms with Gasteiger partial charge in [0.15, 0.2) is 11.5 Å². The van der Waals surface area contributed by atoms with Crippen molar-refractivity contribution in [2.75, 3.05) is 27.4 Å². The summed E-state index contributed by atoms with van der Waals surface area (Å²) in [5, 5.41) is 0. The molecular formula is C21H25NO4. The van der Waals surface area contributed by atoms with Gasteiger partial charge in [-0.1, -0.05) is 12.1 Å². The van der Waals surface area contributed by atoms with E-state index in [4.69, 9.17) is 14.2 Å². The maximum absolute atomic E-state index is 13.1. The van der Waals surface area contributed by atoms with Crippen molar-refractivity contribution in [1.29, 1.82) is 0 Å². The van der Waals surface area contributed by atoms with Crippen molar-refractivity contribution in [2.45, 2.75) is 25.8 Å². The number of nitrogens with zero attached hydrogens (tertiary/aromatic N) is 1. The van der Waals surface area contributed by atoms with Crippen molar-refractivity contribution in [3.8, 4) is 17.2 Å². The van der Waals surface area contributed by atoms with E-state index in [1.54, 1.807) is 32.4 Å². The van der Waals surface area contributed by atoms with Crippen LogP contribution in [0.3, 0.4) is 0 Å². The van der Waals surface area contributed by atoms with Crippen LogP contribution in [0.2, 0.25) is 0 Å². The van der Waals surface area contributed by atoms with Gasteiger partial charge in [-0.25, -0.2) is 0 Å². The van der Waals surface area contributed by atoms with Gasteiger partial charge < -0.3 is 19.1 Å². The summed E-state index contributed by atoms with van der Waals surface area (Å²) in [5.74, 6) is 2.05. The molecule has 2 aromatic carbocycles. The maximum Gasteiger partial charge on any atom is 0.254 e. The number of amides is 1. The third kappa shape index (κ3) is 3.62. The number of methoxy groups -OCH3 is 2. The first kappa shape index (κ1) is 18.1. The van der Waals surface area contributed by atoms with Crippen molar-refractivity contribution in [1.82, 2.24) is 4.90 Å². The molecule has 138 valence electrons. The molecule has 1 saturated heterocycles. The Kier molecular flexibility index (Phi) is 5.66. The fraction of sp³-hybridized carbons (Fsp3) is 0.381. The van der Waals surface area contributed by atoms with Crippen molar-refractivity contribution < 1.29 is 19.0 Å². The topological polar surface area (TPSA) is 48.0 Å². The molecule has 1 unspecified atom stereocenters. The zero-order chi connectivity index (χ0) is 18.5. The summed E-state index contributed by atoms with van der Waals surface area (Å²) < 4.78 is 16.3.